The second kappa shape index (κ2) is 4.93. The molecule has 98 valence electrons. The number of nitrogens with one attached hydrogen (secondary N) is 1. The molecule has 0 radical (unpaired) electrons. The molecule has 0 bridgehead atoms. The number of aryl methyl sites for hydroxylation is 1. The molecule has 0 aliphatic heterocycles. The third-order valence-corrected chi connectivity index (χ3v) is 3.06. The predicted molar refractivity (Wildman–Crippen MR) is 61.4 cm³/mol. The first-order valence-corrected chi connectivity index (χ1v) is 5.90. The van der Waals surface area contributed by atoms with Crippen LogP contribution < -0.4 is 0 Å². The van der Waals surface area contributed by atoms with Crippen molar-refractivity contribution in [2.24, 2.45) is 0 Å². The van der Waals surface area contributed by atoms with Crippen molar-refractivity contribution in [1.82, 2.24) is 15.2 Å². The van der Waals surface area contributed by atoms with Crippen LogP contribution in [0.3, 0.4) is 0 Å². The molecule has 0 unspecified atom stereocenters. The van der Waals surface area contributed by atoms with Crippen LogP contribution in [0.4, 0.5) is 13.2 Å². The van der Waals surface area contributed by atoms with Gasteiger partial charge in [0.2, 0.25) is 5.16 Å². The molecular weight excluding hydrogens is 277 g/mol. The number of hydrogen-bond donors (Lipinski definition) is 1. The average molecular weight is 284 g/mol. The Morgan fingerprint density at radius 1 is 1.37 bits per heavy atom. The van der Waals surface area contributed by atoms with E-state index in [2.05, 4.69) is 15.2 Å². The number of H-pyrrole nitrogens is 1. The second-order valence-corrected chi connectivity index (χ2v) is 4.66. The number of aromatic nitrogens is 3. The summed E-state index contributed by atoms with van der Waals surface area (Å²) in [6.45, 7) is 1.71. The van der Waals surface area contributed by atoms with Crippen LogP contribution in [0.25, 0.3) is 0 Å². The minimum Gasteiger partial charge on any atom is -0.262 e. The monoisotopic (exact) mass is 284 g/mol. The zero-order valence-electron chi connectivity index (χ0n) is 9.62. The lowest BCUT2D eigenvalue weighted by Gasteiger charge is -2.09. The highest BCUT2D eigenvalue weighted by atomic mass is 32.2. The van der Waals surface area contributed by atoms with Crippen LogP contribution in [-0.2, 0) is 6.18 Å². The highest BCUT2D eigenvalue weighted by Crippen LogP contribution is 2.34. The number of alkyl halides is 3. The Morgan fingerprint density at radius 3 is 2.63 bits per heavy atom. The van der Waals surface area contributed by atoms with E-state index in [-0.39, 0.29) is 0 Å². The third-order valence-electron chi connectivity index (χ3n) is 2.20. The van der Waals surface area contributed by atoms with Gasteiger partial charge in [0, 0.05) is 4.90 Å². The highest BCUT2D eigenvalue weighted by Gasteiger charge is 2.33. The summed E-state index contributed by atoms with van der Waals surface area (Å²) in [4.78, 5) is 4.50. The minimum absolute atomic E-state index is 0.390. The number of nitrogens with zero attached hydrogens (tertiary/aromatic N) is 3. The van der Waals surface area contributed by atoms with Crippen LogP contribution in [0.2, 0.25) is 0 Å². The number of rotatable bonds is 2. The summed E-state index contributed by atoms with van der Waals surface area (Å²) in [5.74, 6) is 0.606. The van der Waals surface area contributed by atoms with E-state index in [9.17, 15) is 13.2 Å². The molecule has 8 heteroatoms. The number of nitriles is 1. The Labute approximate surface area is 110 Å². The molecule has 0 atom stereocenters. The van der Waals surface area contributed by atoms with Crippen LogP contribution in [0, 0.1) is 18.3 Å². The zero-order valence-corrected chi connectivity index (χ0v) is 10.4. The van der Waals surface area contributed by atoms with Crippen molar-refractivity contribution in [3.8, 4) is 6.07 Å². The Kier molecular flexibility index (Phi) is 3.48. The molecule has 1 aromatic heterocycles. The molecule has 1 heterocycles. The van der Waals surface area contributed by atoms with Gasteiger partial charge in [-0.1, -0.05) is 0 Å². The smallest absolute Gasteiger partial charge is 0.262 e. The van der Waals surface area contributed by atoms with Gasteiger partial charge in [-0.15, -0.1) is 5.10 Å². The number of hydrogen-bond acceptors (Lipinski definition) is 4. The summed E-state index contributed by atoms with van der Waals surface area (Å²) in [6.07, 6.45) is -4.53. The second-order valence-electron chi connectivity index (χ2n) is 3.62. The van der Waals surface area contributed by atoms with Gasteiger partial charge in [-0.2, -0.15) is 18.4 Å². The third kappa shape index (κ3) is 3.06. The van der Waals surface area contributed by atoms with Gasteiger partial charge in [0.25, 0.3) is 0 Å². The molecule has 2 rings (SSSR count). The van der Waals surface area contributed by atoms with Gasteiger partial charge in [0.15, 0.2) is 0 Å². The fraction of sp³-hybridized carbons (Fsp3) is 0.182. The van der Waals surface area contributed by atoms with Crippen molar-refractivity contribution >= 4 is 11.8 Å². The standard InChI is InChI=1S/C11H7F3N4S/c1-6-16-10(18-17-6)19-8-2-3-9(11(12,13)14)7(4-8)5-15/h2-4H,1H3,(H,16,17,18). The summed E-state index contributed by atoms with van der Waals surface area (Å²) in [6, 6.07) is 4.91. The lowest BCUT2D eigenvalue weighted by Crippen LogP contribution is -2.07. The normalized spacial score (nSPS) is 11.3. The van der Waals surface area contributed by atoms with E-state index in [1.165, 1.54) is 12.1 Å². The van der Waals surface area contributed by atoms with Crippen molar-refractivity contribution in [3.63, 3.8) is 0 Å². The number of halogens is 3. The fourth-order valence-corrected chi connectivity index (χ4v) is 2.20. The predicted octanol–water partition coefficient (Wildman–Crippen LogP) is 3.15. The summed E-state index contributed by atoms with van der Waals surface area (Å²) in [7, 11) is 0. The summed E-state index contributed by atoms with van der Waals surface area (Å²) in [5, 5.41) is 15.7. The Morgan fingerprint density at radius 2 is 2.11 bits per heavy atom. The topological polar surface area (TPSA) is 65.4 Å². The molecule has 1 aromatic carbocycles. The van der Waals surface area contributed by atoms with Gasteiger partial charge in [0.05, 0.1) is 17.2 Å². The van der Waals surface area contributed by atoms with E-state index in [0.717, 1.165) is 17.8 Å². The van der Waals surface area contributed by atoms with Crippen molar-refractivity contribution in [1.29, 1.82) is 5.26 Å². The molecule has 0 saturated heterocycles. The SMILES string of the molecule is Cc1nc(Sc2ccc(C(F)(F)F)c(C#N)c2)n[nH]1. The summed E-state index contributed by atoms with van der Waals surface area (Å²) < 4.78 is 37.8. The van der Waals surface area contributed by atoms with E-state index in [4.69, 9.17) is 5.26 Å². The van der Waals surface area contributed by atoms with Gasteiger partial charge >= 0.3 is 6.18 Å². The van der Waals surface area contributed by atoms with E-state index in [1.54, 1.807) is 13.0 Å². The molecule has 0 saturated carbocycles. The molecule has 0 amide bonds. The Balaban J connectivity index is 2.32. The first kappa shape index (κ1) is 13.4. The van der Waals surface area contributed by atoms with Gasteiger partial charge in [-0.25, -0.2) is 4.98 Å². The molecule has 0 aliphatic carbocycles. The maximum atomic E-state index is 12.6. The van der Waals surface area contributed by atoms with Crippen LogP contribution in [-0.4, -0.2) is 15.2 Å². The maximum absolute atomic E-state index is 12.6. The highest BCUT2D eigenvalue weighted by molar-refractivity contribution is 7.99. The van der Waals surface area contributed by atoms with E-state index >= 15 is 0 Å². The molecule has 2 aromatic rings. The first-order valence-electron chi connectivity index (χ1n) is 5.08. The molecule has 19 heavy (non-hydrogen) atoms. The van der Waals surface area contributed by atoms with Crippen LogP contribution >= 0.6 is 11.8 Å². The molecule has 0 spiro atoms. The van der Waals surface area contributed by atoms with Crippen molar-refractivity contribution in [3.05, 3.63) is 35.2 Å². The van der Waals surface area contributed by atoms with Crippen LogP contribution in [0.1, 0.15) is 17.0 Å². The molecule has 0 aliphatic rings. The van der Waals surface area contributed by atoms with Crippen LogP contribution in [0.5, 0.6) is 0 Å². The Bertz CT molecular complexity index is 642. The summed E-state index contributed by atoms with van der Waals surface area (Å²) >= 11 is 1.09. The molecule has 1 N–H and O–H groups in total. The quantitative estimate of drug-likeness (QED) is 0.920. The zero-order chi connectivity index (χ0) is 14.0. The van der Waals surface area contributed by atoms with Gasteiger partial charge in [0.1, 0.15) is 5.82 Å². The summed E-state index contributed by atoms with van der Waals surface area (Å²) in [5.41, 5.74) is -1.35. The Hall–Kier alpha value is -2.01. The van der Waals surface area contributed by atoms with E-state index in [1.807, 2.05) is 0 Å². The van der Waals surface area contributed by atoms with Gasteiger partial charge in [-0.3, -0.25) is 5.10 Å². The maximum Gasteiger partial charge on any atom is 0.417 e. The molecular formula is C11H7F3N4S. The molecule has 4 nitrogen and oxygen atoms in total. The molecule has 0 fully saturated rings. The largest absolute Gasteiger partial charge is 0.417 e. The van der Waals surface area contributed by atoms with E-state index < -0.39 is 17.3 Å². The lowest BCUT2D eigenvalue weighted by atomic mass is 10.1. The lowest BCUT2D eigenvalue weighted by molar-refractivity contribution is -0.137. The van der Waals surface area contributed by atoms with Gasteiger partial charge < -0.3 is 0 Å². The van der Waals surface area contributed by atoms with E-state index in [0.29, 0.717) is 15.9 Å². The average Bonchev–Trinajstić information content (AvgIpc) is 2.73. The first-order chi connectivity index (χ1) is 8.90. The van der Waals surface area contributed by atoms with Crippen LogP contribution in [0.15, 0.2) is 28.3 Å². The van der Waals surface area contributed by atoms with Crippen molar-refractivity contribution in [2.45, 2.75) is 23.2 Å². The fourth-order valence-electron chi connectivity index (χ4n) is 1.40. The van der Waals surface area contributed by atoms with Crippen molar-refractivity contribution < 1.29 is 13.2 Å². The number of aromatic amines is 1. The van der Waals surface area contributed by atoms with Crippen molar-refractivity contribution in [2.75, 3.05) is 0 Å². The van der Waals surface area contributed by atoms with Gasteiger partial charge in [-0.05, 0) is 36.9 Å². The minimum atomic E-state index is -4.53. The number of benzene rings is 1.